The molecule has 1 atom stereocenters. The largest absolute Gasteiger partial charge is 0.382 e. The third-order valence-corrected chi connectivity index (χ3v) is 4.41. The molecule has 0 aliphatic carbocycles. The first kappa shape index (κ1) is 15.1. The molecule has 6 nitrogen and oxygen atoms in total. The molecule has 1 saturated heterocycles. The fourth-order valence-corrected chi connectivity index (χ4v) is 3.06. The fraction of sp³-hybridized carbons (Fsp3) is 0.692. The molecule has 0 bridgehead atoms. The summed E-state index contributed by atoms with van der Waals surface area (Å²) >= 11 is 1.34. The molecule has 112 valence electrons. The molecule has 0 aromatic carbocycles. The van der Waals surface area contributed by atoms with Crippen LogP contribution in [0.15, 0.2) is 0 Å². The van der Waals surface area contributed by atoms with E-state index in [0.717, 1.165) is 37.5 Å². The lowest BCUT2D eigenvalue weighted by Crippen LogP contribution is -2.40. The monoisotopic (exact) mass is 298 g/mol. The van der Waals surface area contributed by atoms with E-state index >= 15 is 0 Å². The van der Waals surface area contributed by atoms with Gasteiger partial charge in [0.05, 0.1) is 12.6 Å². The third-order valence-electron chi connectivity index (χ3n) is 3.23. The van der Waals surface area contributed by atoms with Crippen molar-refractivity contribution in [1.29, 1.82) is 0 Å². The highest BCUT2D eigenvalue weighted by atomic mass is 32.1. The smallest absolute Gasteiger partial charge is 0.265 e. The number of rotatable bonds is 5. The van der Waals surface area contributed by atoms with Gasteiger partial charge in [0.2, 0.25) is 0 Å². The number of hydrogen-bond acceptors (Lipinski definition) is 6. The number of carbonyl (C=O) groups is 1. The Morgan fingerprint density at radius 1 is 1.65 bits per heavy atom. The Morgan fingerprint density at radius 2 is 2.45 bits per heavy atom. The van der Waals surface area contributed by atoms with Crippen LogP contribution in [0.1, 0.15) is 35.9 Å². The molecule has 1 fully saturated rings. The molecule has 1 amide bonds. The topological polar surface area (TPSA) is 80.5 Å². The molecule has 0 spiro atoms. The number of amides is 1. The Hall–Kier alpha value is -1.34. The van der Waals surface area contributed by atoms with Crippen LogP contribution in [0, 0.1) is 0 Å². The Bertz CT molecular complexity index is 457. The minimum atomic E-state index is -0.147. The highest BCUT2D eigenvalue weighted by Gasteiger charge is 2.22. The van der Waals surface area contributed by atoms with Crippen LogP contribution < -0.4 is 16.0 Å². The molecule has 0 radical (unpaired) electrons. The van der Waals surface area contributed by atoms with Gasteiger partial charge in [-0.2, -0.15) is 0 Å². The van der Waals surface area contributed by atoms with E-state index in [0.29, 0.717) is 17.3 Å². The number of anilines is 2. The number of ether oxygens (including phenoxy) is 1. The molecule has 1 unspecified atom stereocenters. The van der Waals surface area contributed by atoms with E-state index in [1.165, 1.54) is 11.3 Å². The van der Waals surface area contributed by atoms with Crippen LogP contribution in [-0.4, -0.2) is 43.7 Å². The maximum Gasteiger partial charge on any atom is 0.265 e. The average molecular weight is 298 g/mol. The van der Waals surface area contributed by atoms with Crippen molar-refractivity contribution in [2.75, 3.05) is 37.4 Å². The van der Waals surface area contributed by atoms with Gasteiger partial charge in [-0.25, -0.2) is 4.98 Å². The van der Waals surface area contributed by atoms with Gasteiger partial charge < -0.3 is 20.7 Å². The summed E-state index contributed by atoms with van der Waals surface area (Å²) in [5.41, 5.74) is 5.86. The summed E-state index contributed by atoms with van der Waals surface area (Å²) in [5, 5.41) is 3.75. The van der Waals surface area contributed by atoms with E-state index in [2.05, 4.69) is 17.2 Å². The molecule has 2 rings (SSSR count). The van der Waals surface area contributed by atoms with E-state index < -0.39 is 0 Å². The summed E-state index contributed by atoms with van der Waals surface area (Å²) in [7, 11) is 1.96. The number of thiazole rings is 1. The van der Waals surface area contributed by atoms with Gasteiger partial charge in [-0.3, -0.25) is 4.79 Å². The van der Waals surface area contributed by atoms with Crippen molar-refractivity contribution >= 4 is 28.2 Å². The SMILES string of the molecule is CCCN(C)c1nc(N)c(C(=O)NC2CCCOC2)s1. The van der Waals surface area contributed by atoms with Gasteiger partial charge in [0.15, 0.2) is 5.13 Å². The maximum absolute atomic E-state index is 12.2. The van der Waals surface area contributed by atoms with Gasteiger partial charge in [-0.15, -0.1) is 0 Å². The molecule has 7 heteroatoms. The second-order valence-corrected chi connectivity index (χ2v) is 6.00. The Balaban J connectivity index is 2.01. The zero-order valence-electron chi connectivity index (χ0n) is 12.0. The van der Waals surface area contributed by atoms with Crippen LogP contribution in [0.25, 0.3) is 0 Å². The Kier molecular flexibility index (Phi) is 5.19. The number of nitrogens with one attached hydrogen (secondary N) is 1. The lowest BCUT2D eigenvalue weighted by molar-refractivity contribution is 0.0626. The number of nitrogen functional groups attached to an aromatic ring is 1. The molecule has 1 aliphatic heterocycles. The van der Waals surface area contributed by atoms with E-state index in [1.54, 1.807) is 0 Å². The predicted octanol–water partition coefficient (Wildman–Crippen LogP) is 1.48. The highest BCUT2D eigenvalue weighted by Crippen LogP contribution is 2.27. The summed E-state index contributed by atoms with van der Waals surface area (Å²) in [6, 6.07) is 0.0783. The first-order valence-corrected chi connectivity index (χ1v) is 7.79. The van der Waals surface area contributed by atoms with Crippen molar-refractivity contribution in [3.05, 3.63) is 4.88 Å². The first-order chi connectivity index (χ1) is 9.61. The minimum absolute atomic E-state index is 0.0783. The van der Waals surface area contributed by atoms with Gasteiger partial charge in [-0.05, 0) is 19.3 Å². The third kappa shape index (κ3) is 3.61. The maximum atomic E-state index is 12.2. The van der Waals surface area contributed by atoms with Gasteiger partial charge in [-0.1, -0.05) is 18.3 Å². The summed E-state index contributed by atoms with van der Waals surface area (Å²) < 4.78 is 5.36. The van der Waals surface area contributed by atoms with Gasteiger partial charge >= 0.3 is 0 Å². The van der Waals surface area contributed by atoms with Crippen LogP contribution in [0.2, 0.25) is 0 Å². The second kappa shape index (κ2) is 6.90. The Morgan fingerprint density at radius 3 is 3.10 bits per heavy atom. The molecule has 1 aliphatic rings. The van der Waals surface area contributed by atoms with Crippen molar-refractivity contribution in [2.24, 2.45) is 0 Å². The zero-order chi connectivity index (χ0) is 14.5. The fourth-order valence-electron chi connectivity index (χ4n) is 2.18. The van der Waals surface area contributed by atoms with E-state index in [-0.39, 0.29) is 11.9 Å². The standard InChI is InChI=1S/C13H22N4O2S/c1-3-6-17(2)13-16-11(14)10(20-13)12(18)15-9-5-4-7-19-8-9/h9H,3-8,14H2,1-2H3,(H,15,18). The molecule has 1 aromatic rings. The number of nitrogens with zero attached hydrogens (tertiary/aromatic N) is 2. The van der Waals surface area contributed by atoms with Crippen molar-refractivity contribution in [3.8, 4) is 0 Å². The van der Waals surface area contributed by atoms with Crippen molar-refractivity contribution in [1.82, 2.24) is 10.3 Å². The summed E-state index contributed by atoms with van der Waals surface area (Å²) in [6.07, 6.45) is 2.96. The average Bonchev–Trinajstić information content (AvgIpc) is 2.82. The normalized spacial score (nSPS) is 18.8. The van der Waals surface area contributed by atoms with Crippen molar-refractivity contribution < 1.29 is 9.53 Å². The number of aromatic nitrogens is 1. The molecule has 3 N–H and O–H groups in total. The second-order valence-electron chi connectivity index (χ2n) is 5.02. The lowest BCUT2D eigenvalue weighted by Gasteiger charge is -2.22. The zero-order valence-corrected chi connectivity index (χ0v) is 12.8. The predicted molar refractivity (Wildman–Crippen MR) is 81.4 cm³/mol. The van der Waals surface area contributed by atoms with Crippen LogP contribution in [0.4, 0.5) is 10.9 Å². The van der Waals surface area contributed by atoms with E-state index in [9.17, 15) is 4.79 Å². The van der Waals surface area contributed by atoms with Gasteiger partial charge in [0, 0.05) is 20.2 Å². The number of hydrogen-bond donors (Lipinski definition) is 2. The van der Waals surface area contributed by atoms with Crippen LogP contribution in [0.3, 0.4) is 0 Å². The van der Waals surface area contributed by atoms with Gasteiger partial charge in [0.1, 0.15) is 10.7 Å². The van der Waals surface area contributed by atoms with Crippen LogP contribution >= 0.6 is 11.3 Å². The van der Waals surface area contributed by atoms with Crippen LogP contribution in [-0.2, 0) is 4.74 Å². The first-order valence-electron chi connectivity index (χ1n) is 6.97. The minimum Gasteiger partial charge on any atom is -0.382 e. The summed E-state index contributed by atoms with van der Waals surface area (Å²) in [4.78, 5) is 19.0. The highest BCUT2D eigenvalue weighted by molar-refractivity contribution is 7.18. The molecule has 1 aromatic heterocycles. The Labute approximate surface area is 123 Å². The van der Waals surface area contributed by atoms with Crippen molar-refractivity contribution in [2.45, 2.75) is 32.2 Å². The summed E-state index contributed by atoms with van der Waals surface area (Å²) in [5.74, 6) is 0.161. The number of nitrogens with two attached hydrogens (primary N) is 1. The molecule has 2 heterocycles. The summed E-state index contributed by atoms with van der Waals surface area (Å²) in [6.45, 7) is 4.35. The van der Waals surface area contributed by atoms with Crippen LogP contribution in [0.5, 0.6) is 0 Å². The van der Waals surface area contributed by atoms with Crippen molar-refractivity contribution in [3.63, 3.8) is 0 Å². The lowest BCUT2D eigenvalue weighted by atomic mass is 10.1. The molecule has 20 heavy (non-hydrogen) atoms. The quantitative estimate of drug-likeness (QED) is 0.860. The van der Waals surface area contributed by atoms with E-state index in [4.69, 9.17) is 10.5 Å². The van der Waals surface area contributed by atoms with Gasteiger partial charge in [0.25, 0.3) is 5.91 Å². The molecular weight excluding hydrogens is 276 g/mol. The molecule has 0 saturated carbocycles. The van der Waals surface area contributed by atoms with E-state index in [1.807, 2.05) is 11.9 Å². The molecular formula is C13H22N4O2S. The number of carbonyl (C=O) groups excluding carboxylic acids is 1.